The fourth-order valence-corrected chi connectivity index (χ4v) is 4.75. The SMILES string of the molecule is O=C(NC[C@H]1CN(c2ccc(N3CCCN(CCO)C3=O)cc2F)C(=O)O1)c1ccc(Cl)s1. The van der Waals surface area contributed by atoms with E-state index < -0.39 is 18.0 Å². The highest BCUT2D eigenvalue weighted by Gasteiger charge is 2.35. The number of β-amino-alcohol motifs (C(OH)–C–C–N with tert-alkyl or cyclic N) is 1. The third-order valence-electron chi connectivity index (χ3n) is 5.38. The second kappa shape index (κ2) is 9.94. The molecule has 0 spiro atoms. The predicted molar refractivity (Wildman–Crippen MR) is 122 cm³/mol. The summed E-state index contributed by atoms with van der Waals surface area (Å²) in [6.07, 6.45) is -0.673. The first kappa shape index (κ1) is 23.3. The largest absolute Gasteiger partial charge is 0.442 e. The predicted octanol–water partition coefficient (Wildman–Crippen LogP) is 2.92. The van der Waals surface area contributed by atoms with Crippen molar-refractivity contribution in [3.63, 3.8) is 0 Å². The van der Waals surface area contributed by atoms with E-state index in [2.05, 4.69) is 5.32 Å². The zero-order valence-corrected chi connectivity index (χ0v) is 19.1. The van der Waals surface area contributed by atoms with Crippen molar-refractivity contribution in [2.45, 2.75) is 12.5 Å². The molecule has 4 rings (SSSR count). The quantitative estimate of drug-likeness (QED) is 0.613. The number of hydrogen-bond acceptors (Lipinski definition) is 6. The molecule has 9 nitrogen and oxygen atoms in total. The second-order valence-electron chi connectivity index (χ2n) is 7.56. The van der Waals surface area contributed by atoms with Crippen LogP contribution in [0.15, 0.2) is 30.3 Å². The molecule has 0 unspecified atom stereocenters. The van der Waals surface area contributed by atoms with Gasteiger partial charge in [-0.05, 0) is 36.8 Å². The summed E-state index contributed by atoms with van der Waals surface area (Å²) >= 11 is 6.97. The molecule has 2 aromatic rings. The van der Waals surface area contributed by atoms with Crippen LogP contribution in [0.4, 0.5) is 25.4 Å². The third kappa shape index (κ3) is 5.05. The number of aliphatic hydroxyl groups excluding tert-OH is 1. The fraction of sp³-hybridized carbons (Fsp3) is 0.381. The lowest BCUT2D eigenvalue weighted by atomic mass is 10.2. The van der Waals surface area contributed by atoms with E-state index in [4.69, 9.17) is 21.4 Å². The van der Waals surface area contributed by atoms with Gasteiger partial charge in [0.2, 0.25) is 0 Å². The first-order valence-electron chi connectivity index (χ1n) is 10.4. The maximum Gasteiger partial charge on any atom is 0.414 e. The van der Waals surface area contributed by atoms with Crippen molar-refractivity contribution in [3.05, 3.63) is 45.4 Å². The Morgan fingerprint density at radius 2 is 2.06 bits per heavy atom. The maximum absolute atomic E-state index is 14.9. The van der Waals surface area contributed by atoms with Crippen molar-refractivity contribution >= 4 is 52.3 Å². The molecule has 176 valence electrons. The molecular formula is C21H22ClFN4O5S. The lowest BCUT2D eigenvalue weighted by Gasteiger charge is -2.35. The van der Waals surface area contributed by atoms with Crippen molar-refractivity contribution < 1.29 is 28.6 Å². The minimum absolute atomic E-state index is 0.0271. The van der Waals surface area contributed by atoms with Crippen LogP contribution in [0, 0.1) is 5.82 Å². The number of cyclic esters (lactones) is 1. The van der Waals surface area contributed by atoms with E-state index in [1.165, 1.54) is 21.9 Å². The van der Waals surface area contributed by atoms with Gasteiger partial charge >= 0.3 is 12.1 Å². The maximum atomic E-state index is 14.9. The van der Waals surface area contributed by atoms with Gasteiger partial charge in [0.1, 0.15) is 11.9 Å². The van der Waals surface area contributed by atoms with Crippen molar-refractivity contribution in [2.24, 2.45) is 0 Å². The Bertz CT molecular complexity index is 1070. The van der Waals surface area contributed by atoms with Crippen LogP contribution >= 0.6 is 22.9 Å². The number of carbonyl (C=O) groups excluding carboxylic acids is 3. The number of anilines is 2. The molecule has 3 heterocycles. The number of hydrogen-bond donors (Lipinski definition) is 2. The van der Waals surface area contributed by atoms with Crippen molar-refractivity contribution in [3.8, 4) is 0 Å². The average molecular weight is 497 g/mol. The Labute approximate surface area is 198 Å². The zero-order valence-electron chi connectivity index (χ0n) is 17.5. The Morgan fingerprint density at radius 3 is 2.76 bits per heavy atom. The van der Waals surface area contributed by atoms with Crippen LogP contribution in [0.25, 0.3) is 0 Å². The van der Waals surface area contributed by atoms with Gasteiger partial charge in [0.15, 0.2) is 0 Å². The van der Waals surface area contributed by atoms with Crippen LogP contribution in [0.1, 0.15) is 16.1 Å². The Morgan fingerprint density at radius 1 is 1.24 bits per heavy atom. The number of carbonyl (C=O) groups is 3. The van der Waals surface area contributed by atoms with Crippen molar-refractivity contribution in [1.29, 1.82) is 0 Å². The number of urea groups is 1. The summed E-state index contributed by atoms with van der Waals surface area (Å²) in [6.45, 7) is 1.17. The molecule has 0 bridgehead atoms. The third-order valence-corrected chi connectivity index (χ3v) is 6.61. The summed E-state index contributed by atoms with van der Waals surface area (Å²) in [5.74, 6) is -1.01. The molecule has 0 aliphatic carbocycles. The molecule has 2 aliphatic heterocycles. The molecule has 12 heteroatoms. The summed E-state index contributed by atoms with van der Waals surface area (Å²) in [5, 5.41) is 11.8. The van der Waals surface area contributed by atoms with Gasteiger partial charge in [-0.25, -0.2) is 14.0 Å². The molecule has 2 aliphatic rings. The minimum Gasteiger partial charge on any atom is -0.442 e. The number of amides is 4. The van der Waals surface area contributed by atoms with Gasteiger partial charge in [0.05, 0.1) is 34.6 Å². The van der Waals surface area contributed by atoms with Gasteiger partial charge in [0, 0.05) is 25.3 Å². The van der Waals surface area contributed by atoms with Gasteiger partial charge in [-0.15, -0.1) is 11.3 Å². The van der Waals surface area contributed by atoms with Gasteiger partial charge in [-0.2, -0.15) is 0 Å². The van der Waals surface area contributed by atoms with E-state index in [1.54, 1.807) is 18.2 Å². The van der Waals surface area contributed by atoms with E-state index in [-0.39, 0.29) is 43.9 Å². The Hall–Kier alpha value is -2.89. The van der Waals surface area contributed by atoms with E-state index in [1.807, 2.05) is 0 Å². The topological polar surface area (TPSA) is 102 Å². The normalized spacial score (nSPS) is 18.6. The lowest BCUT2D eigenvalue weighted by molar-refractivity contribution is 0.0920. The molecule has 33 heavy (non-hydrogen) atoms. The molecule has 2 saturated heterocycles. The van der Waals surface area contributed by atoms with Gasteiger partial charge < -0.3 is 20.1 Å². The number of thiophene rings is 1. The van der Waals surface area contributed by atoms with Gasteiger partial charge in [0.25, 0.3) is 5.91 Å². The number of aliphatic hydroxyl groups is 1. The summed E-state index contributed by atoms with van der Waals surface area (Å²) < 4.78 is 20.7. The van der Waals surface area contributed by atoms with Crippen LogP contribution in [0.5, 0.6) is 0 Å². The van der Waals surface area contributed by atoms with Crippen LogP contribution in [-0.4, -0.2) is 73.5 Å². The molecule has 1 atom stereocenters. The molecule has 0 saturated carbocycles. The highest BCUT2D eigenvalue weighted by molar-refractivity contribution is 7.18. The molecular weight excluding hydrogens is 475 g/mol. The van der Waals surface area contributed by atoms with Crippen molar-refractivity contribution in [1.82, 2.24) is 10.2 Å². The van der Waals surface area contributed by atoms with Crippen LogP contribution < -0.4 is 15.1 Å². The van der Waals surface area contributed by atoms with E-state index in [0.717, 1.165) is 16.2 Å². The van der Waals surface area contributed by atoms with Gasteiger partial charge in [-0.1, -0.05) is 11.6 Å². The van der Waals surface area contributed by atoms with Crippen molar-refractivity contribution in [2.75, 3.05) is 49.1 Å². The highest BCUT2D eigenvalue weighted by Crippen LogP contribution is 2.30. The average Bonchev–Trinajstić information content (AvgIpc) is 3.39. The molecule has 1 aromatic heterocycles. The summed E-state index contributed by atoms with van der Waals surface area (Å²) in [7, 11) is 0. The number of nitrogens with one attached hydrogen (secondary N) is 1. The number of nitrogens with zero attached hydrogens (tertiary/aromatic N) is 3. The van der Waals surface area contributed by atoms with E-state index in [0.29, 0.717) is 34.4 Å². The first-order valence-corrected chi connectivity index (χ1v) is 11.6. The van der Waals surface area contributed by atoms with Crippen LogP contribution in [0.3, 0.4) is 0 Å². The standard InChI is InChI=1S/C21H22ClFN4O5S/c22-18-5-4-17(33-18)19(29)24-11-14-12-27(21(31)32-14)16-3-2-13(10-15(16)23)26-7-1-6-25(8-9-28)20(26)30/h2-5,10,14,28H,1,6-9,11-12H2,(H,24,29)/t14-/m0/s1. The van der Waals surface area contributed by atoms with Crippen LogP contribution in [0.2, 0.25) is 4.34 Å². The summed E-state index contributed by atoms with van der Waals surface area (Å²) in [5.41, 5.74) is 0.397. The van der Waals surface area contributed by atoms with Gasteiger partial charge in [-0.3, -0.25) is 14.6 Å². The lowest BCUT2D eigenvalue weighted by Crippen LogP contribution is -2.50. The summed E-state index contributed by atoms with van der Waals surface area (Å²) in [6, 6.07) is 7.12. The molecule has 4 amide bonds. The number of rotatable bonds is 7. The number of halogens is 2. The van der Waals surface area contributed by atoms with Crippen LogP contribution in [-0.2, 0) is 4.74 Å². The number of benzene rings is 1. The monoisotopic (exact) mass is 496 g/mol. The van der Waals surface area contributed by atoms with E-state index in [9.17, 15) is 18.8 Å². The molecule has 1 aromatic carbocycles. The fourth-order valence-electron chi connectivity index (χ4n) is 3.79. The Kier molecular flexibility index (Phi) is 7.01. The highest BCUT2D eigenvalue weighted by atomic mass is 35.5. The van der Waals surface area contributed by atoms with E-state index >= 15 is 0 Å². The second-order valence-corrected chi connectivity index (χ2v) is 9.28. The molecule has 0 radical (unpaired) electrons. The Balaban J connectivity index is 1.40. The number of ether oxygens (including phenoxy) is 1. The zero-order chi connectivity index (χ0) is 23.5. The summed E-state index contributed by atoms with van der Waals surface area (Å²) in [4.78, 5) is 41.6. The first-order chi connectivity index (χ1) is 15.9. The minimum atomic E-state index is -0.719. The smallest absolute Gasteiger partial charge is 0.414 e. The molecule has 2 fully saturated rings. The molecule has 2 N–H and O–H groups in total.